The normalized spacial score (nSPS) is 11.1. The van der Waals surface area contributed by atoms with Crippen molar-refractivity contribution in [3.63, 3.8) is 0 Å². The fourth-order valence-electron chi connectivity index (χ4n) is 2.78. The van der Waals surface area contributed by atoms with Crippen molar-refractivity contribution in [2.75, 3.05) is 0 Å². The summed E-state index contributed by atoms with van der Waals surface area (Å²) in [6.45, 7) is 0. The SMILES string of the molecule is Oc1cc2[o+]c3ccccc3c(-c3ccccc3)c2cc1O. The van der Waals surface area contributed by atoms with E-state index in [4.69, 9.17) is 4.42 Å². The summed E-state index contributed by atoms with van der Waals surface area (Å²) < 4.78 is 5.87. The van der Waals surface area contributed by atoms with Gasteiger partial charge in [0.25, 0.3) is 0 Å². The summed E-state index contributed by atoms with van der Waals surface area (Å²) in [6.07, 6.45) is 0. The predicted octanol–water partition coefficient (Wildman–Crippen LogP) is 4.95. The lowest BCUT2D eigenvalue weighted by Gasteiger charge is -2.06. The van der Waals surface area contributed by atoms with E-state index in [1.807, 2.05) is 54.6 Å². The molecule has 0 saturated carbocycles. The van der Waals surface area contributed by atoms with Crippen LogP contribution in [0.5, 0.6) is 11.5 Å². The van der Waals surface area contributed by atoms with Gasteiger partial charge >= 0.3 is 11.2 Å². The Morgan fingerprint density at radius 2 is 1.32 bits per heavy atom. The number of fused-ring (bicyclic) bond motifs is 2. The minimum Gasteiger partial charge on any atom is -0.504 e. The lowest BCUT2D eigenvalue weighted by molar-refractivity contribution is 0.404. The van der Waals surface area contributed by atoms with Gasteiger partial charge in [-0.2, -0.15) is 0 Å². The monoisotopic (exact) mass is 289 g/mol. The minimum atomic E-state index is -0.189. The molecule has 106 valence electrons. The molecule has 0 spiro atoms. The molecule has 0 aliphatic heterocycles. The zero-order valence-electron chi connectivity index (χ0n) is 11.7. The Bertz CT molecular complexity index is 992. The molecule has 2 N–H and O–H groups in total. The Labute approximate surface area is 126 Å². The number of rotatable bonds is 1. The Morgan fingerprint density at radius 1 is 0.636 bits per heavy atom. The fourth-order valence-corrected chi connectivity index (χ4v) is 2.78. The van der Waals surface area contributed by atoms with E-state index in [1.54, 1.807) is 6.07 Å². The summed E-state index contributed by atoms with van der Waals surface area (Å²) in [5.41, 5.74) is 3.28. The van der Waals surface area contributed by atoms with Crippen LogP contribution >= 0.6 is 0 Å². The third kappa shape index (κ3) is 1.87. The highest BCUT2D eigenvalue weighted by Crippen LogP contribution is 2.40. The number of benzene rings is 3. The molecule has 0 unspecified atom stereocenters. The summed E-state index contributed by atoms with van der Waals surface area (Å²) in [6, 6.07) is 20.7. The molecule has 4 rings (SSSR count). The van der Waals surface area contributed by atoms with Crippen LogP contribution in [0.4, 0.5) is 0 Å². The molecule has 22 heavy (non-hydrogen) atoms. The summed E-state index contributed by atoms with van der Waals surface area (Å²) >= 11 is 0. The second-order valence-corrected chi connectivity index (χ2v) is 5.18. The van der Waals surface area contributed by atoms with Crippen LogP contribution in [0.2, 0.25) is 0 Å². The molecule has 0 aliphatic rings. The first kappa shape index (κ1) is 12.7. The van der Waals surface area contributed by atoms with Crippen molar-refractivity contribution >= 4 is 21.9 Å². The number of hydrogen-bond acceptors (Lipinski definition) is 2. The molecule has 4 aromatic rings. The maximum atomic E-state index is 9.87. The van der Waals surface area contributed by atoms with E-state index in [9.17, 15) is 10.2 Å². The molecule has 3 heteroatoms. The summed E-state index contributed by atoms with van der Waals surface area (Å²) in [5, 5.41) is 21.3. The minimum absolute atomic E-state index is 0.157. The fraction of sp³-hybridized carbons (Fsp3) is 0. The summed E-state index contributed by atoms with van der Waals surface area (Å²) in [4.78, 5) is 0. The molecule has 3 nitrogen and oxygen atoms in total. The molecular weight excluding hydrogens is 276 g/mol. The van der Waals surface area contributed by atoms with Crippen LogP contribution in [-0.4, -0.2) is 10.2 Å². The maximum absolute atomic E-state index is 9.87. The van der Waals surface area contributed by atoms with Gasteiger partial charge in [-0.3, -0.25) is 0 Å². The van der Waals surface area contributed by atoms with Crippen molar-refractivity contribution in [2.45, 2.75) is 0 Å². The molecule has 1 aromatic heterocycles. The highest BCUT2D eigenvalue weighted by Gasteiger charge is 2.21. The van der Waals surface area contributed by atoms with Gasteiger partial charge in [0.2, 0.25) is 0 Å². The zero-order valence-corrected chi connectivity index (χ0v) is 11.7. The Balaban J connectivity index is 2.24. The highest BCUT2D eigenvalue weighted by molar-refractivity contribution is 6.08. The van der Waals surface area contributed by atoms with E-state index < -0.39 is 0 Å². The topological polar surface area (TPSA) is 51.8 Å². The van der Waals surface area contributed by atoms with Gasteiger partial charge in [0.05, 0.1) is 16.8 Å². The van der Waals surface area contributed by atoms with Gasteiger partial charge < -0.3 is 10.2 Å². The van der Waals surface area contributed by atoms with Crippen LogP contribution in [0.1, 0.15) is 0 Å². The number of aromatic hydroxyl groups is 2. The molecule has 0 fully saturated rings. The standard InChI is InChI=1S/C19H12O3/c20-15-10-14-18(11-16(15)21)22-17-9-5-4-8-13(17)19(14)12-6-2-1-3-7-12/h1-11H,(H-,20,21)/p+1. The molecule has 3 aromatic carbocycles. The first-order chi connectivity index (χ1) is 10.7. The van der Waals surface area contributed by atoms with Crippen LogP contribution in [0.3, 0.4) is 0 Å². The molecule has 0 bridgehead atoms. The number of para-hydroxylation sites is 1. The Hall–Kier alpha value is -3.07. The number of hydrogen-bond donors (Lipinski definition) is 2. The van der Waals surface area contributed by atoms with E-state index in [-0.39, 0.29) is 11.5 Å². The quantitative estimate of drug-likeness (QED) is 0.296. The average Bonchev–Trinajstić information content (AvgIpc) is 2.55. The third-order valence-electron chi connectivity index (χ3n) is 3.78. The van der Waals surface area contributed by atoms with Crippen molar-refractivity contribution < 1.29 is 14.6 Å². The molecule has 0 saturated heterocycles. The van der Waals surface area contributed by atoms with E-state index in [0.717, 1.165) is 27.5 Å². The lowest BCUT2D eigenvalue weighted by atomic mass is 9.97. The van der Waals surface area contributed by atoms with E-state index >= 15 is 0 Å². The van der Waals surface area contributed by atoms with Gasteiger partial charge in [-0.05, 0) is 11.6 Å². The summed E-state index contributed by atoms with van der Waals surface area (Å²) in [5.74, 6) is -0.347. The molecular formula is C19H13O3+. The lowest BCUT2D eigenvalue weighted by Crippen LogP contribution is -1.85. The van der Waals surface area contributed by atoms with Crippen LogP contribution in [0.25, 0.3) is 33.1 Å². The van der Waals surface area contributed by atoms with Gasteiger partial charge in [0, 0.05) is 17.7 Å². The van der Waals surface area contributed by atoms with Crippen molar-refractivity contribution in [2.24, 2.45) is 0 Å². The average molecular weight is 289 g/mol. The maximum Gasteiger partial charge on any atom is 0.365 e. The second kappa shape index (κ2) is 4.74. The molecule has 0 radical (unpaired) electrons. The zero-order chi connectivity index (χ0) is 15.1. The van der Waals surface area contributed by atoms with E-state index in [1.165, 1.54) is 6.07 Å². The van der Waals surface area contributed by atoms with Crippen LogP contribution < -0.4 is 0 Å². The first-order valence-corrected chi connectivity index (χ1v) is 7.00. The molecule has 0 atom stereocenters. The van der Waals surface area contributed by atoms with Crippen molar-refractivity contribution in [3.05, 3.63) is 66.7 Å². The van der Waals surface area contributed by atoms with Crippen LogP contribution in [0, 0.1) is 0 Å². The van der Waals surface area contributed by atoms with Gasteiger partial charge in [0.1, 0.15) is 0 Å². The number of phenols is 2. The Morgan fingerprint density at radius 3 is 2.14 bits per heavy atom. The Kier molecular flexibility index (Phi) is 2.73. The smallest absolute Gasteiger partial charge is 0.365 e. The largest absolute Gasteiger partial charge is 0.504 e. The molecule has 1 heterocycles. The second-order valence-electron chi connectivity index (χ2n) is 5.18. The van der Waals surface area contributed by atoms with Crippen molar-refractivity contribution in [3.8, 4) is 22.6 Å². The van der Waals surface area contributed by atoms with E-state index in [2.05, 4.69) is 0 Å². The highest BCUT2D eigenvalue weighted by atomic mass is 16.3. The molecule has 0 amide bonds. The van der Waals surface area contributed by atoms with Gasteiger partial charge in [-0.25, -0.2) is 4.42 Å². The predicted molar refractivity (Wildman–Crippen MR) is 86.9 cm³/mol. The van der Waals surface area contributed by atoms with Crippen molar-refractivity contribution in [1.82, 2.24) is 0 Å². The summed E-state index contributed by atoms with van der Waals surface area (Å²) in [7, 11) is 0. The molecule has 0 aliphatic carbocycles. The van der Waals surface area contributed by atoms with E-state index in [0.29, 0.717) is 5.58 Å². The number of phenolic OH excluding ortho intramolecular Hbond substituents is 2. The first-order valence-electron chi connectivity index (χ1n) is 7.00. The van der Waals surface area contributed by atoms with Gasteiger partial charge in [-0.1, -0.05) is 42.5 Å². The third-order valence-corrected chi connectivity index (χ3v) is 3.78. The van der Waals surface area contributed by atoms with Gasteiger partial charge in [0.15, 0.2) is 11.5 Å². The van der Waals surface area contributed by atoms with Gasteiger partial charge in [-0.15, -0.1) is 0 Å². The van der Waals surface area contributed by atoms with Crippen LogP contribution in [0.15, 0.2) is 71.1 Å². The van der Waals surface area contributed by atoms with Crippen molar-refractivity contribution in [1.29, 1.82) is 0 Å². The van der Waals surface area contributed by atoms with Crippen LogP contribution in [-0.2, 0) is 0 Å².